The van der Waals surface area contributed by atoms with E-state index in [0.717, 1.165) is 5.69 Å². The first-order chi connectivity index (χ1) is 14.5. The minimum atomic E-state index is -1.26. The van der Waals surface area contributed by atoms with E-state index >= 15 is 0 Å². The lowest BCUT2D eigenvalue weighted by Crippen LogP contribution is -2.33. The van der Waals surface area contributed by atoms with E-state index in [4.69, 9.17) is 4.74 Å². The van der Waals surface area contributed by atoms with Gasteiger partial charge >= 0.3 is 0 Å². The monoisotopic (exact) mass is 413 g/mol. The Hall–Kier alpha value is -3.12. The normalized spacial score (nSPS) is 24.0. The van der Waals surface area contributed by atoms with Crippen LogP contribution in [0.15, 0.2) is 41.7 Å². The number of aliphatic hydroxyl groups is 3. The van der Waals surface area contributed by atoms with E-state index in [-0.39, 0.29) is 5.95 Å². The zero-order valence-electron chi connectivity index (χ0n) is 16.5. The molecule has 1 saturated heterocycles. The van der Waals surface area contributed by atoms with Crippen molar-refractivity contribution in [2.24, 2.45) is 4.99 Å². The summed E-state index contributed by atoms with van der Waals surface area (Å²) in [5.41, 5.74) is 1.56. The maximum atomic E-state index is 10.4. The van der Waals surface area contributed by atoms with Crippen LogP contribution in [0.4, 0.5) is 17.5 Å². The third-order valence-electron chi connectivity index (χ3n) is 4.64. The van der Waals surface area contributed by atoms with Crippen LogP contribution in [0.3, 0.4) is 0 Å². The zero-order chi connectivity index (χ0) is 21.3. The van der Waals surface area contributed by atoms with Gasteiger partial charge < -0.3 is 30.3 Å². The van der Waals surface area contributed by atoms with E-state index in [2.05, 4.69) is 25.3 Å². The first kappa shape index (κ1) is 20.2. The quantitative estimate of drug-likeness (QED) is 0.334. The highest BCUT2D eigenvalue weighted by Crippen LogP contribution is 2.33. The van der Waals surface area contributed by atoms with Gasteiger partial charge in [-0.25, -0.2) is 9.98 Å². The van der Waals surface area contributed by atoms with E-state index in [1.807, 2.05) is 44.4 Å². The highest BCUT2D eigenvalue weighted by Gasteiger charge is 2.44. The number of hydrogen-bond acceptors (Lipinski definition) is 9. The molecule has 158 valence electrons. The number of anilines is 2. The van der Waals surface area contributed by atoms with Crippen molar-refractivity contribution in [2.45, 2.75) is 24.5 Å². The van der Waals surface area contributed by atoms with Crippen molar-refractivity contribution in [1.29, 1.82) is 0 Å². The summed E-state index contributed by atoms with van der Waals surface area (Å²) >= 11 is 0. The molecule has 3 aromatic rings. The molecule has 11 heteroatoms. The van der Waals surface area contributed by atoms with Gasteiger partial charge in [-0.15, -0.1) is 0 Å². The average Bonchev–Trinajstić information content (AvgIpc) is 3.28. The Labute approximate surface area is 172 Å². The van der Waals surface area contributed by atoms with Crippen LogP contribution in [0.2, 0.25) is 0 Å². The molecule has 0 aliphatic carbocycles. The molecule has 1 fully saturated rings. The molecular weight excluding hydrogens is 390 g/mol. The van der Waals surface area contributed by atoms with Gasteiger partial charge in [-0.05, 0) is 12.1 Å². The van der Waals surface area contributed by atoms with Crippen LogP contribution in [0, 0.1) is 0 Å². The first-order valence-corrected chi connectivity index (χ1v) is 9.37. The summed E-state index contributed by atoms with van der Waals surface area (Å²) < 4.78 is 7.13. The van der Waals surface area contributed by atoms with Crippen LogP contribution >= 0.6 is 0 Å². The standard InChI is InChI=1S/C19H23N7O4/c1-25(2)9-21-16-13-17(24-19(23-16)22-11-6-4-3-5-7-11)26(10-20-13)18-15(29)14(28)12(8-27)30-18/h3-7,9-10,12,14-15,18,27-29H,8H2,1-2H3,(H,22,23,24)/b21-9-/t12-,14-,15-,18-/m1/s1. The van der Waals surface area contributed by atoms with E-state index < -0.39 is 31.1 Å². The SMILES string of the molecule is CN(C)/C=N\c1nc(Nc2ccccc2)nc2c1ncn2[C@@H]1O[C@H](CO)[C@@H](O)[C@H]1O. The first-order valence-electron chi connectivity index (χ1n) is 9.37. The van der Waals surface area contributed by atoms with Crippen LogP contribution in [0.25, 0.3) is 11.2 Å². The minimum Gasteiger partial charge on any atom is -0.394 e. The number of aliphatic imine (C=N–C) groups is 1. The number of para-hydroxylation sites is 1. The number of benzene rings is 1. The van der Waals surface area contributed by atoms with Crippen molar-refractivity contribution in [3.05, 3.63) is 36.7 Å². The number of ether oxygens (including phenoxy) is 1. The molecule has 3 heterocycles. The van der Waals surface area contributed by atoms with Crippen molar-refractivity contribution in [2.75, 3.05) is 26.0 Å². The fourth-order valence-electron chi connectivity index (χ4n) is 3.16. The third-order valence-corrected chi connectivity index (χ3v) is 4.64. The van der Waals surface area contributed by atoms with Crippen LogP contribution in [0.5, 0.6) is 0 Å². The van der Waals surface area contributed by atoms with Gasteiger partial charge in [0.25, 0.3) is 0 Å². The minimum absolute atomic E-state index is 0.285. The second-order valence-corrected chi connectivity index (χ2v) is 7.12. The van der Waals surface area contributed by atoms with Gasteiger partial charge in [-0.2, -0.15) is 9.97 Å². The molecule has 2 aromatic heterocycles. The molecule has 0 bridgehead atoms. The summed E-state index contributed by atoms with van der Waals surface area (Å²) in [4.78, 5) is 19.5. The van der Waals surface area contributed by atoms with Crippen LogP contribution in [0.1, 0.15) is 6.23 Å². The Bertz CT molecular complexity index is 1040. The smallest absolute Gasteiger partial charge is 0.231 e. The lowest BCUT2D eigenvalue weighted by atomic mass is 10.1. The van der Waals surface area contributed by atoms with Gasteiger partial charge in [0.1, 0.15) is 18.3 Å². The number of aliphatic hydroxyl groups excluding tert-OH is 3. The molecule has 11 nitrogen and oxygen atoms in total. The van der Waals surface area contributed by atoms with Crippen molar-refractivity contribution >= 4 is 35.0 Å². The lowest BCUT2D eigenvalue weighted by Gasteiger charge is -2.17. The van der Waals surface area contributed by atoms with Gasteiger partial charge in [0.2, 0.25) is 5.95 Å². The number of aromatic nitrogens is 4. The van der Waals surface area contributed by atoms with Gasteiger partial charge in [0.05, 0.1) is 19.3 Å². The molecule has 0 amide bonds. The van der Waals surface area contributed by atoms with Gasteiger partial charge in [-0.1, -0.05) is 18.2 Å². The Kier molecular flexibility index (Phi) is 5.59. The number of imidazole rings is 1. The maximum absolute atomic E-state index is 10.4. The lowest BCUT2D eigenvalue weighted by molar-refractivity contribution is -0.0511. The molecule has 0 unspecified atom stereocenters. The van der Waals surface area contributed by atoms with E-state index in [0.29, 0.717) is 17.0 Å². The molecule has 4 atom stereocenters. The Morgan fingerprint density at radius 3 is 2.63 bits per heavy atom. The fourth-order valence-corrected chi connectivity index (χ4v) is 3.16. The third kappa shape index (κ3) is 3.83. The average molecular weight is 413 g/mol. The predicted octanol–water partition coefficient (Wildman–Crippen LogP) is 0.403. The second-order valence-electron chi connectivity index (χ2n) is 7.12. The number of fused-ring (bicyclic) bond motifs is 1. The van der Waals surface area contributed by atoms with E-state index in [1.165, 1.54) is 10.9 Å². The predicted molar refractivity (Wildman–Crippen MR) is 110 cm³/mol. The molecule has 0 spiro atoms. The second kappa shape index (κ2) is 8.32. The molecule has 1 aliphatic rings. The Morgan fingerprint density at radius 1 is 1.20 bits per heavy atom. The molecule has 0 saturated carbocycles. The summed E-state index contributed by atoms with van der Waals surface area (Å²) in [6.45, 7) is -0.421. The molecule has 30 heavy (non-hydrogen) atoms. The Balaban J connectivity index is 1.79. The highest BCUT2D eigenvalue weighted by atomic mass is 16.6. The molecule has 1 aliphatic heterocycles. The van der Waals surface area contributed by atoms with Gasteiger partial charge in [-0.3, -0.25) is 4.57 Å². The maximum Gasteiger partial charge on any atom is 0.231 e. The van der Waals surface area contributed by atoms with Crippen LogP contribution in [-0.4, -0.2) is 85.1 Å². The summed E-state index contributed by atoms with van der Waals surface area (Å²) in [7, 11) is 3.67. The van der Waals surface area contributed by atoms with Crippen LogP contribution < -0.4 is 5.32 Å². The molecule has 4 N–H and O–H groups in total. The zero-order valence-corrected chi connectivity index (χ0v) is 16.5. The number of rotatable bonds is 6. The van der Waals surface area contributed by atoms with E-state index in [1.54, 1.807) is 11.2 Å². The molecule has 0 radical (unpaired) electrons. The van der Waals surface area contributed by atoms with Crippen molar-refractivity contribution < 1.29 is 20.1 Å². The molecule has 1 aromatic carbocycles. The van der Waals surface area contributed by atoms with Gasteiger partial charge in [0, 0.05) is 19.8 Å². The van der Waals surface area contributed by atoms with E-state index in [9.17, 15) is 15.3 Å². The summed E-state index contributed by atoms with van der Waals surface area (Å²) in [6, 6.07) is 9.42. The summed E-state index contributed by atoms with van der Waals surface area (Å²) in [5, 5.41) is 33.0. The highest BCUT2D eigenvalue weighted by molar-refractivity contribution is 5.85. The van der Waals surface area contributed by atoms with Crippen LogP contribution in [-0.2, 0) is 4.74 Å². The molecular formula is C19H23N7O4. The number of hydrogen-bond donors (Lipinski definition) is 4. The number of nitrogens with zero attached hydrogens (tertiary/aromatic N) is 6. The fraction of sp³-hybridized carbons (Fsp3) is 0.368. The van der Waals surface area contributed by atoms with Gasteiger partial charge in [0.15, 0.2) is 23.2 Å². The Morgan fingerprint density at radius 2 is 1.97 bits per heavy atom. The van der Waals surface area contributed by atoms with Crippen molar-refractivity contribution in [1.82, 2.24) is 24.4 Å². The summed E-state index contributed by atoms with van der Waals surface area (Å²) in [5.74, 6) is 0.616. The molecule has 4 rings (SSSR count). The topological polar surface area (TPSA) is 141 Å². The van der Waals surface area contributed by atoms with Crippen molar-refractivity contribution in [3.63, 3.8) is 0 Å². The number of nitrogens with one attached hydrogen (secondary N) is 1. The largest absolute Gasteiger partial charge is 0.394 e. The van der Waals surface area contributed by atoms with Crippen molar-refractivity contribution in [3.8, 4) is 0 Å². The summed E-state index contributed by atoms with van der Waals surface area (Å²) in [6.07, 6.45) is -1.31.